The number of nitrogens with one attached hydrogen (secondary N) is 1. The number of rotatable bonds is 4. The standard InChI is InChI=1S/C16H25N/c1-13-7-6-8-15(11-13)12-17-14(2)16-9-4-3-5-10-16/h6-8,11,14,16-17H,3-5,9-10,12H2,1-2H3/t14-/m0/s1. The van der Waals surface area contributed by atoms with E-state index >= 15 is 0 Å². The van der Waals surface area contributed by atoms with Crippen molar-refractivity contribution in [3.63, 3.8) is 0 Å². The summed E-state index contributed by atoms with van der Waals surface area (Å²) in [7, 11) is 0. The molecule has 1 nitrogen and oxygen atoms in total. The second-order valence-electron chi connectivity index (χ2n) is 5.56. The van der Waals surface area contributed by atoms with Crippen LogP contribution in [0, 0.1) is 12.8 Å². The van der Waals surface area contributed by atoms with E-state index in [4.69, 9.17) is 0 Å². The van der Waals surface area contributed by atoms with Gasteiger partial charge in [0.2, 0.25) is 0 Å². The molecule has 0 aliphatic heterocycles. The van der Waals surface area contributed by atoms with E-state index in [0.29, 0.717) is 6.04 Å². The van der Waals surface area contributed by atoms with Gasteiger partial charge in [0, 0.05) is 12.6 Å². The van der Waals surface area contributed by atoms with E-state index in [1.165, 1.54) is 43.2 Å². The van der Waals surface area contributed by atoms with Crippen LogP contribution < -0.4 is 5.32 Å². The fourth-order valence-electron chi connectivity index (χ4n) is 2.90. The van der Waals surface area contributed by atoms with E-state index in [9.17, 15) is 0 Å². The van der Waals surface area contributed by atoms with E-state index in [1.54, 1.807) is 0 Å². The summed E-state index contributed by atoms with van der Waals surface area (Å²) < 4.78 is 0. The van der Waals surface area contributed by atoms with Gasteiger partial charge >= 0.3 is 0 Å². The van der Waals surface area contributed by atoms with Gasteiger partial charge in [-0.2, -0.15) is 0 Å². The number of hydrogen-bond donors (Lipinski definition) is 1. The lowest BCUT2D eigenvalue weighted by Gasteiger charge is -2.28. The second-order valence-corrected chi connectivity index (χ2v) is 5.56. The lowest BCUT2D eigenvalue weighted by atomic mass is 9.84. The van der Waals surface area contributed by atoms with Gasteiger partial charge in [-0.05, 0) is 38.2 Å². The normalized spacial score (nSPS) is 19.2. The monoisotopic (exact) mass is 231 g/mol. The highest BCUT2D eigenvalue weighted by molar-refractivity contribution is 5.22. The maximum atomic E-state index is 3.70. The third kappa shape index (κ3) is 3.85. The third-order valence-corrected chi connectivity index (χ3v) is 4.07. The predicted molar refractivity (Wildman–Crippen MR) is 74.1 cm³/mol. The van der Waals surface area contributed by atoms with Gasteiger partial charge in [0.25, 0.3) is 0 Å². The molecule has 0 unspecified atom stereocenters. The fraction of sp³-hybridized carbons (Fsp3) is 0.625. The molecule has 1 aliphatic rings. The molecule has 0 saturated heterocycles. The molecule has 0 amide bonds. The molecule has 1 atom stereocenters. The summed E-state index contributed by atoms with van der Waals surface area (Å²) in [6.07, 6.45) is 7.15. The summed E-state index contributed by atoms with van der Waals surface area (Å²) in [5.41, 5.74) is 2.77. The van der Waals surface area contributed by atoms with Gasteiger partial charge in [0.15, 0.2) is 0 Å². The van der Waals surface area contributed by atoms with Gasteiger partial charge < -0.3 is 5.32 Å². The Morgan fingerprint density at radius 3 is 2.71 bits per heavy atom. The first kappa shape index (κ1) is 12.6. The summed E-state index contributed by atoms with van der Waals surface area (Å²) in [5.74, 6) is 0.897. The summed E-state index contributed by atoms with van der Waals surface area (Å²) in [6, 6.07) is 9.47. The van der Waals surface area contributed by atoms with Gasteiger partial charge in [-0.25, -0.2) is 0 Å². The molecule has 0 radical (unpaired) electrons. The van der Waals surface area contributed by atoms with Crippen molar-refractivity contribution in [2.75, 3.05) is 0 Å². The average Bonchev–Trinajstić information content (AvgIpc) is 2.37. The van der Waals surface area contributed by atoms with Crippen LogP contribution in [-0.4, -0.2) is 6.04 Å². The number of benzene rings is 1. The molecule has 0 heterocycles. The van der Waals surface area contributed by atoms with Crippen molar-refractivity contribution >= 4 is 0 Å². The van der Waals surface area contributed by atoms with Crippen molar-refractivity contribution in [3.8, 4) is 0 Å². The van der Waals surface area contributed by atoms with E-state index in [2.05, 4.69) is 43.4 Å². The average molecular weight is 231 g/mol. The molecule has 17 heavy (non-hydrogen) atoms. The Labute approximate surface area is 106 Å². The molecule has 0 aromatic heterocycles. The first-order chi connectivity index (χ1) is 8.25. The minimum Gasteiger partial charge on any atom is -0.310 e. The maximum Gasteiger partial charge on any atom is 0.0208 e. The first-order valence-corrected chi connectivity index (χ1v) is 7.04. The van der Waals surface area contributed by atoms with E-state index in [1.807, 2.05) is 0 Å². The molecule has 94 valence electrons. The van der Waals surface area contributed by atoms with Crippen molar-refractivity contribution in [1.82, 2.24) is 5.32 Å². The molecule has 2 rings (SSSR count). The van der Waals surface area contributed by atoms with Crippen molar-refractivity contribution in [3.05, 3.63) is 35.4 Å². The summed E-state index contributed by atoms with van der Waals surface area (Å²) in [6.45, 7) is 5.53. The Morgan fingerprint density at radius 1 is 1.24 bits per heavy atom. The Balaban J connectivity index is 1.80. The highest BCUT2D eigenvalue weighted by Crippen LogP contribution is 2.26. The molecule has 1 aromatic rings. The zero-order valence-electron chi connectivity index (χ0n) is 11.2. The van der Waals surface area contributed by atoms with Gasteiger partial charge in [0.1, 0.15) is 0 Å². The molecule has 1 heteroatoms. The minimum atomic E-state index is 0.663. The smallest absolute Gasteiger partial charge is 0.0208 e. The summed E-state index contributed by atoms with van der Waals surface area (Å²) in [4.78, 5) is 0. The maximum absolute atomic E-state index is 3.70. The van der Waals surface area contributed by atoms with Crippen molar-refractivity contribution in [2.45, 2.75) is 58.5 Å². The van der Waals surface area contributed by atoms with Crippen LogP contribution in [0.1, 0.15) is 50.2 Å². The van der Waals surface area contributed by atoms with Crippen LogP contribution in [0.2, 0.25) is 0 Å². The summed E-state index contributed by atoms with van der Waals surface area (Å²) >= 11 is 0. The molecule has 0 spiro atoms. The van der Waals surface area contributed by atoms with Gasteiger partial charge in [-0.15, -0.1) is 0 Å². The first-order valence-electron chi connectivity index (χ1n) is 7.04. The van der Waals surface area contributed by atoms with Crippen LogP contribution in [0.3, 0.4) is 0 Å². The zero-order valence-corrected chi connectivity index (χ0v) is 11.2. The Morgan fingerprint density at radius 2 is 2.00 bits per heavy atom. The highest BCUT2D eigenvalue weighted by Gasteiger charge is 2.19. The van der Waals surface area contributed by atoms with Crippen LogP contribution >= 0.6 is 0 Å². The molecular formula is C16H25N. The topological polar surface area (TPSA) is 12.0 Å². The van der Waals surface area contributed by atoms with Crippen LogP contribution in [-0.2, 0) is 6.54 Å². The van der Waals surface area contributed by atoms with Crippen molar-refractivity contribution in [2.24, 2.45) is 5.92 Å². The molecule has 1 aliphatic carbocycles. The predicted octanol–water partition coefficient (Wildman–Crippen LogP) is 4.05. The van der Waals surface area contributed by atoms with Crippen LogP contribution in [0.5, 0.6) is 0 Å². The minimum absolute atomic E-state index is 0.663. The van der Waals surface area contributed by atoms with Crippen LogP contribution in [0.4, 0.5) is 0 Å². The van der Waals surface area contributed by atoms with Gasteiger partial charge in [-0.1, -0.05) is 49.1 Å². The van der Waals surface area contributed by atoms with E-state index in [0.717, 1.165) is 12.5 Å². The fourth-order valence-corrected chi connectivity index (χ4v) is 2.90. The van der Waals surface area contributed by atoms with Crippen molar-refractivity contribution < 1.29 is 0 Å². The molecule has 1 fully saturated rings. The third-order valence-electron chi connectivity index (χ3n) is 4.07. The van der Waals surface area contributed by atoms with E-state index in [-0.39, 0.29) is 0 Å². The zero-order chi connectivity index (χ0) is 12.1. The Kier molecular flexibility index (Phi) is 4.61. The SMILES string of the molecule is Cc1cccc(CN[C@@H](C)C2CCCCC2)c1. The summed E-state index contributed by atoms with van der Waals surface area (Å²) in [5, 5.41) is 3.70. The molecule has 1 saturated carbocycles. The van der Waals surface area contributed by atoms with Gasteiger partial charge in [-0.3, -0.25) is 0 Å². The molecular weight excluding hydrogens is 206 g/mol. The largest absolute Gasteiger partial charge is 0.310 e. The molecule has 1 N–H and O–H groups in total. The number of aryl methyl sites for hydroxylation is 1. The van der Waals surface area contributed by atoms with Crippen LogP contribution in [0.15, 0.2) is 24.3 Å². The Hall–Kier alpha value is -0.820. The van der Waals surface area contributed by atoms with E-state index < -0.39 is 0 Å². The van der Waals surface area contributed by atoms with Crippen molar-refractivity contribution in [1.29, 1.82) is 0 Å². The highest BCUT2D eigenvalue weighted by atomic mass is 14.9. The van der Waals surface area contributed by atoms with Crippen LogP contribution in [0.25, 0.3) is 0 Å². The van der Waals surface area contributed by atoms with Gasteiger partial charge in [0.05, 0.1) is 0 Å². The number of hydrogen-bond acceptors (Lipinski definition) is 1. The lowest BCUT2D eigenvalue weighted by Crippen LogP contribution is -2.34. The molecule has 0 bridgehead atoms. The molecule has 1 aromatic carbocycles. The quantitative estimate of drug-likeness (QED) is 0.824. The Bertz CT molecular complexity index is 339. The second kappa shape index (κ2) is 6.20. The lowest BCUT2D eigenvalue weighted by molar-refractivity contribution is 0.280.